The van der Waals surface area contributed by atoms with Crippen LogP contribution in [0.15, 0.2) is 54.7 Å². The van der Waals surface area contributed by atoms with Gasteiger partial charge in [-0.2, -0.15) is 4.98 Å². The maximum Gasteiger partial charge on any atom is 0.229 e. The van der Waals surface area contributed by atoms with Crippen molar-refractivity contribution in [1.29, 1.82) is 0 Å². The molecule has 0 fully saturated rings. The molecule has 0 saturated heterocycles. The lowest BCUT2D eigenvalue weighted by Gasteiger charge is -2.10. The average molecular weight is 347 g/mol. The molecule has 1 heterocycles. The Morgan fingerprint density at radius 3 is 2.46 bits per heavy atom. The molecule has 0 radical (unpaired) electrons. The summed E-state index contributed by atoms with van der Waals surface area (Å²) in [5, 5.41) is 6.29. The van der Waals surface area contributed by atoms with Gasteiger partial charge in [-0.3, -0.25) is 0 Å². The molecule has 0 aliphatic rings. The minimum absolute atomic E-state index is 0.0863. The Bertz CT molecular complexity index is 837. The fraction of sp³-hybridized carbons (Fsp3) is 0.0588. The number of nitrogens with one attached hydrogen (secondary N) is 2. The van der Waals surface area contributed by atoms with Crippen molar-refractivity contribution < 1.29 is 8.78 Å². The summed E-state index contributed by atoms with van der Waals surface area (Å²) in [6, 6.07) is 12.7. The van der Waals surface area contributed by atoms with E-state index in [1.54, 1.807) is 12.1 Å². The SMILES string of the molecule is Fc1cccc(F)c1Nc1nccc(NCc2ccccc2Cl)n1. The van der Waals surface area contributed by atoms with Gasteiger partial charge < -0.3 is 10.6 Å². The lowest BCUT2D eigenvalue weighted by Crippen LogP contribution is -2.06. The topological polar surface area (TPSA) is 49.8 Å². The van der Waals surface area contributed by atoms with Crippen molar-refractivity contribution in [3.63, 3.8) is 0 Å². The quantitative estimate of drug-likeness (QED) is 0.699. The summed E-state index contributed by atoms with van der Waals surface area (Å²) < 4.78 is 27.3. The zero-order chi connectivity index (χ0) is 16.9. The minimum atomic E-state index is -0.715. The smallest absolute Gasteiger partial charge is 0.229 e. The standard InChI is InChI=1S/C17H13ClF2N4/c18-12-5-2-1-4-11(12)10-22-15-8-9-21-17(23-15)24-16-13(19)6-3-7-14(16)20/h1-9H,10H2,(H2,21,22,23,24). The van der Waals surface area contributed by atoms with Crippen LogP contribution in [-0.4, -0.2) is 9.97 Å². The molecule has 4 nitrogen and oxygen atoms in total. The Hall–Kier alpha value is -2.73. The van der Waals surface area contributed by atoms with E-state index >= 15 is 0 Å². The molecule has 0 amide bonds. The van der Waals surface area contributed by atoms with Gasteiger partial charge in [0.2, 0.25) is 5.95 Å². The number of halogens is 3. The summed E-state index contributed by atoms with van der Waals surface area (Å²) in [6.45, 7) is 0.462. The van der Waals surface area contributed by atoms with E-state index in [1.807, 2.05) is 18.2 Å². The summed E-state index contributed by atoms with van der Waals surface area (Å²) in [5.41, 5.74) is 0.619. The molecule has 1 aromatic heterocycles. The molecule has 2 aromatic carbocycles. The molecule has 3 rings (SSSR count). The highest BCUT2D eigenvalue weighted by Gasteiger charge is 2.10. The van der Waals surface area contributed by atoms with Gasteiger partial charge in [-0.1, -0.05) is 35.9 Å². The highest BCUT2D eigenvalue weighted by atomic mass is 35.5. The second-order valence-corrected chi connectivity index (χ2v) is 5.34. The fourth-order valence-electron chi connectivity index (χ4n) is 2.07. The average Bonchev–Trinajstić information content (AvgIpc) is 2.58. The Kier molecular flexibility index (Phi) is 4.86. The summed E-state index contributed by atoms with van der Waals surface area (Å²) in [6.07, 6.45) is 1.49. The molecule has 2 N–H and O–H groups in total. The second kappa shape index (κ2) is 7.23. The maximum atomic E-state index is 13.7. The summed E-state index contributed by atoms with van der Waals surface area (Å²) in [4.78, 5) is 8.15. The molecule has 0 aliphatic carbocycles. The van der Waals surface area contributed by atoms with Crippen LogP contribution in [0.5, 0.6) is 0 Å². The van der Waals surface area contributed by atoms with Gasteiger partial charge in [0.1, 0.15) is 23.1 Å². The van der Waals surface area contributed by atoms with Gasteiger partial charge in [0.05, 0.1) is 0 Å². The van der Waals surface area contributed by atoms with Crippen LogP contribution in [0.3, 0.4) is 0 Å². The summed E-state index contributed by atoms with van der Waals surface area (Å²) in [7, 11) is 0. The summed E-state index contributed by atoms with van der Waals surface area (Å²) in [5.74, 6) is -0.839. The number of aromatic nitrogens is 2. The predicted octanol–water partition coefficient (Wildman–Crippen LogP) is 4.76. The third kappa shape index (κ3) is 3.78. The predicted molar refractivity (Wildman–Crippen MR) is 90.5 cm³/mol. The normalized spacial score (nSPS) is 10.5. The number of para-hydroxylation sites is 1. The minimum Gasteiger partial charge on any atom is -0.366 e. The van der Waals surface area contributed by atoms with Crippen LogP contribution in [-0.2, 0) is 6.54 Å². The third-order valence-corrected chi connectivity index (χ3v) is 3.64. The third-order valence-electron chi connectivity index (χ3n) is 3.27. The first kappa shape index (κ1) is 16.1. The lowest BCUT2D eigenvalue weighted by molar-refractivity contribution is 0.590. The van der Waals surface area contributed by atoms with Crippen LogP contribution >= 0.6 is 11.6 Å². The van der Waals surface area contributed by atoms with Crippen LogP contribution in [0.2, 0.25) is 5.02 Å². The number of anilines is 3. The first-order valence-corrected chi connectivity index (χ1v) is 7.52. The maximum absolute atomic E-state index is 13.7. The van der Waals surface area contributed by atoms with Crippen LogP contribution in [0, 0.1) is 11.6 Å². The van der Waals surface area contributed by atoms with Crippen LogP contribution in [0.4, 0.5) is 26.2 Å². The Morgan fingerprint density at radius 2 is 1.71 bits per heavy atom. The van der Waals surface area contributed by atoms with Gasteiger partial charge in [0, 0.05) is 17.8 Å². The van der Waals surface area contributed by atoms with Crippen molar-refractivity contribution in [3.8, 4) is 0 Å². The zero-order valence-corrected chi connectivity index (χ0v) is 13.2. The number of benzene rings is 2. The molecule has 0 atom stereocenters. The van der Waals surface area contributed by atoms with Crippen molar-refractivity contribution in [2.24, 2.45) is 0 Å². The van der Waals surface area contributed by atoms with E-state index in [-0.39, 0.29) is 11.6 Å². The first-order chi connectivity index (χ1) is 11.6. The van der Waals surface area contributed by atoms with Crippen molar-refractivity contribution in [2.75, 3.05) is 10.6 Å². The monoisotopic (exact) mass is 346 g/mol. The number of hydrogen-bond acceptors (Lipinski definition) is 4. The molecule has 0 spiro atoms. The molecule has 3 aromatic rings. The first-order valence-electron chi connectivity index (χ1n) is 7.15. The van der Waals surface area contributed by atoms with Gasteiger partial charge >= 0.3 is 0 Å². The molecule has 0 unspecified atom stereocenters. The molecular formula is C17H13ClF2N4. The lowest BCUT2D eigenvalue weighted by atomic mass is 10.2. The van der Waals surface area contributed by atoms with Crippen molar-refractivity contribution in [3.05, 3.63) is 76.9 Å². The van der Waals surface area contributed by atoms with E-state index in [4.69, 9.17) is 11.6 Å². The second-order valence-electron chi connectivity index (χ2n) is 4.93. The van der Waals surface area contributed by atoms with Gasteiger partial charge in [-0.25, -0.2) is 13.8 Å². The highest BCUT2D eigenvalue weighted by Crippen LogP contribution is 2.22. The highest BCUT2D eigenvalue weighted by molar-refractivity contribution is 6.31. The zero-order valence-electron chi connectivity index (χ0n) is 12.4. The van der Waals surface area contributed by atoms with Crippen LogP contribution < -0.4 is 10.6 Å². The van der Waals surface area contributed by atoms with E-state index < -0.39 is 11.6 Å². The van der Waals surface area contributed by atoms with E-state index in [9.17, 15) is 8.78 Å². The fourth-order valence-corrected chi connectivity index (χ4v) is 2.28. The molecule has 122 valence electrons. The van der Waals surface area contributed by atoms with E-state index in [0.29, 0.717) is 17.4 Å². The number of hydrogen-bond donors (Lipinski definition) is 2. The largest absolute Gasteiger partial charge is 0.366 e. The van der Waals surface area contributed by atoms with Crippen molar-refractivity contribution >= 4 is 29.1 Å². The van der Waals surface area contributed by atoms with Gasteiger partial charge in [0.15, 0.2) is 0 Å². The van der Waals surface area contributed by atoms with Crippen molar-refractivity contribution in [2.45, 2.75) is 6.54 Å². The Morgan fingerprint density at radius 1 is 0.958 bits per heavy atom. The van der Waals surface area contributed by atoms with Crippen LogP contribution in [0.1, 0.15) is 5.56 Å². The molecule has 0 aliphatic heterocycles. The number of nitrogens with zero attached hydrogens (tertiary/aromatic N) is 2. The van der Waals surface area contributed by atoms with E-state index in [1.165, 1.54) is 12.3 Å². The van der Waals surface area contributed by atoms with Crippen molar-refractivity contribution in [1.82, 2.24) is 9.97 Å². The molecule has 7 heteroatoms. The molecular weight excluding hydrogens is 334 g/mol. The van der Waals surface area contributed by atoms with Gasteiger partial charge in [-0.05, 0) is 29.8 Å². The van der Waals surface area contributed by atoms with Gasteiger partial charge in [0.25, 0.3) is 0 Å². The van der Waals surface area contributed by atoms with E-state index in [0.717, 1.165) is 17.7 Å². The van der Waals surface area contributed by atoms with Crippen LogP contribution in [0.25, 0.3) is 0 Å². The molecule has 0 bridgehead atoms. The summed E-state index contributed by atoms with van der Waals surface area (Å²) >= 11 is 6.10. The Balaban J connectivity index is 1.74. The number of rotatable bonds is 5. The molecule has 24 heavy (non-hydrogen) atoms. The molecule has 0 saturated carbocycles. The Labute approximate surface area is 142 Å². The van der Waals surface area contributed by atoms with Gasteiger partial charge in [-0.15, -0.1) is 0 Å². The van der Waals surface area contributed by atoms with E-state index in [2.05, 4.69) is 20.6 Å².